The molecule has 1 saturated heterocycles. The van der Waals surface area contributed by atoms with Crippen LogP contribution in [0.15, 0.2) is 30.3 Å². The Bertz CT molecular complexity index is 921. The number of hydrogen-bond acceptors (Lipinski definition) is 4. The Kier molecular flexibility index (Phi) is 6.96. The molecule has 6 heteroatoms. The van der Waals surface area contributed by atoms with Gasteiger partial charge in [-0.1, -0.05) is 19.1 Å². The molecule has 0 spiro atoms. The zero-order chi connectivity index (χ0) is 21.8. The van der Waals surface area contributed by atoms with Crippen molar-refractivity contribution in [3.8, 4) is 5.75 Å². The van der Waals surface area contributed by atoms with Crippen molar-refractivity contribution < 1.29 is 14.3 Å². The highest BCUT2D eigenvalue weighted by atomic mass is 32.1. The first-order valence-corrected chi connectivity index (χ1v) is 12.2. The second kappa shape index (κ2) is 9.86. The van der Waals surface area contributed by atoms with E-state index < -0.39 is 0 Å². The van der Waals surface area contributed by atoms with Gasteiger partial charge >= 0.3 is 0 Å². The van der Waals surface area contributed by atoms with Gasteiger partial charge in [0.25, 0.3) is 5.91 Å². The summed E-state index contributed by atoms with van der Waals surface area (Å²) >= 11 is 1.68. The molecule has 0 N–H and O–H groups in total. The molecule has 1 fully saturated rings. The van der Waals surface area contributed by atoms with Crippen LogP contribution in [-0.2, 0) is 24.1 Å². The van der Waals surface area contributed by atoms with Crippen molar-refractivity contribution in [1.82, 2.24) is 9.80 Å². The first kappa shape index (κ1) is 21.9. The zero-order valence-electron chi connectivity index (χ0n) is 18.6. The van der Waals surface area contributed by atoms with Crippen LogP contribution >= 0.6 is 11.3 Å². The molecule has 1 aromatic heterocycles. The number of methoxy groups -OCH3 is 1. The predicted molar refractivity (Wildman–Crippen MR) is 124 cm³/mol. The van der Waals surface area contributed by atoms with Crippen molar-refractivity contribution in [3.05, 3.63) is 51.2 Å². The number of ether oxygens (including phenoxy) is 1. The number of carbonyl (C=O) groups is 2. The van der Waals surface area contributed by atoms with E-state index in [-0.39, 0.29) is 11.8 Å². The van der Waals surface area contributed by atoms with Crippen molar-refractivity contribution in [2.45, 2.75) is 45.4 Å². The van der Waals surface area contributed by atoms with Gasteiger partial charge in [-0.05, 0) is 67.3 Å². The Hall–Kier alpha value is -2.34. The van der Waals surface area contributed by atoms with Gasteiger partial charge in [0, 0.05) is 37.5 Å². The lowest BCUT2D eigenvalue weighted by atomic mass is 9.90. The summed E-state index contributed by atoms with van der Waals surface area (Å²) < 4.78 is 5.19. The van der Waals surface area contributed by atoms with Crippen LogP contribution in [0.4, 0.5) is 0 Å². The van der Waals surface area contributed by atoms with E-state index in [9.17, 15) is 9.59 Å². The molecule has 2 aromatic rings. The first-order valence-electron chi connectivity index (χ1n) is 11.3. The number of carbonyl (C=O) groups excluding carboxylic acids is 2. The summed E-state index contributed by atoms with van der Waals surface area (Å²) in [5.74, 6) is 1.85. The van der Waals surface area contributed by atoms with Crippen molar-refractivity contribution >= 4 is 23.2 Å². The molecule has 1 unspecified atom stereocenters. The summed E-state index contributed by atoms with van der Waals surface area (Å²) in [6, 6.07) is 10.0. The number of amides is 2. The van der Waals surface area contributed by atoms with Gasteiger partial charge in [-0.2, -0.15) is 0 Å². The number of rotatable bonds is 5. The van der Waals surface area contributed by atoms with Gasteiger partial charge in [-0.25, -0.2) is 0 Å². The fourth-order valence-electron chi connectivity index (χ4n) is 4.54. The van der Waals surface area contributed by atoms with Gasteiger partial charge in [0.05, 0.1) is 12.0 Å². The van der Waals surface area contributed by atoms with Crippen LogP contribution in [0.3, 0.4) is 0 Å². The molecule has 2 aliphatic rings. The maximum absolute atomic E-state index is 13.1. The van der Waals surface area contributed by atoms with Crippen molar-refractivity contribution in [3.63, 3.8) is 0 Å². The smallest absolute Gasteiger partial charge is 0.263 e. The van der Waals surface area contributed by atoms with Gasteiger partial charge in [0.2, 0.25) is 5.91 Å². The van der Waals surface area contributed by atoms with Crippen molar-refractivity contribution in [2.24, 2.45) is 5.92 Å². The van der Waals surface area contributed by atoms with Crippen LogP contribution in [0.2, 0.25) is 0 Å². The second-order valence-corrected chi connectivity index (χ2v) is 9.92. The molecule has 1 aromatic carbocycles. The Morgan fingerprint density at radius 2 is 1.84 bits per heavy atom. The molecule has 5 nitrogen and oxygen atoms in total. The minimum absolute atomic E-state index is 0.139. The predicted octanol–water partition coefficient (Wildman–Crippen LogP) is 4.19. The van der Waals surface area contributed by atoms with Crippen LogP contribution in [0.1, 0.15) is 51.9 Å². The van der Waals surface area contributed by atoms with Crippen LogP contribution in [-0.4, -0.2) is 54.9 Å². The third kappa shape index (κ3) is 5.29. The van der Waals surface area contributed by atoms with E-state index in [1.54, 1.807) is 18.4 Å². The molecule has 2 heterocycles. The van der Waals surface area contributed by atoms with Gasteiger partial charge < -0.3 is 14.5 Å². The SMILES string of the molecule is COc1ccc(CCC(=O)N2CCCN(C(=O)c3cc4c(s3)CCC(C)C4)CC2)cc1. The summed E-state index contributed by atoms with van der Waals surface area (Å²) in [5.41, 5.74) is 2.51. The normalized spacial score (nSPS) is 19.0. The van der Waals surface area contributed by atoms with Crippen LogP contribution in [0.25, 0.3) is 0 Å². The summed E-state index contributed by atoms with van der Waals surface area (Å²) in [4.78, 5) is 32.0. The van der Waals surface area contributed by atoms with E-state index in [1.807, 2.05) is 34.1 Å². The number of hydrogen-bond donors (Lipinski definition) is 0. The average molecular weight is 441 g/mol. The Morgan fingerprint density at radius 3 is 2.61 bits per heavy atom. The average Bonchev–Trinajstić information content (AvgIpc) is 3.04. The third-order valence-electron chi connectivity index (χ3n) is 6.46. The summed E-state index contributed by atoms with van der Waals surface area (Å²) in [5, 5.41) is 0. The van der Waals surface area contributed by atoms with E-state index in [0.717, 1.165) is 55.0 Å². The number of nitrogens with zero attached hydrogens (tertiary/aromatic N) is 2. The lowest BCUT2D eigenvalue weighted by Gasteiger charge is -2.22. The number of thiophene rings is 1. The Balaban J connectivity index is 1.30. The topological polar surface area (TPSA) is 49.9 Å². The molecule has 1 aliphatic carbocycles. The highest BCUT2D eigenvalue weighted by molar-refractivity contribution is 7.14. The van der Waals surface area contributed by atoms with E-state index in [2.05, 4.69) is 13.0 Å². The molecule has 0 saturated carbocycles. The number of fused-ring (bicyclic) bond motifs is 1. The Labute approximate surface area is 189 Å². The first-order chi connectivity index (χ1) is 15.0. The van der Waals surface area contributed by atoms with Gasteiger partial charge in [-0.15, -0.1) is 11.3 Å². The molecular weight excluding hydrogens is 408 g/mol. The summed E-state index contributed by atoms with van der Waals surface area (Å²) in [6.45, 7) is 4.97. The molecule has 4 rings (SSSR count). The molecule has 0 bridgehead atoms. The van der Waals surface area contributed by atoms with Crippen LogP contribution < -0.4 is 4.74 Å². The second-order valence-electron chi connectivity index (χ2n) is 8.78. The minimum Gasteiger partial charge on any atom is -0.497 e. The highest BCUT2D eigenvalue weighted by Gasteiger charge is 2.26. The maximum atomic E-state index is 13.1. The highest BCUT2D eigenvalue weighted by Crippen LogP contribution is 2.32. The molecule has 166 valence electrons. The van der Waals surface area contributed by atoms with Crippen LogP contribution in [0.5, 0.6) is 5.75 Å². The van der Waals surface area contributed by atoms with E-state index >= 15 is 0 Å². The molecule has 2 amide bonds. The quantitative estimate of drug-likeness (QED) is 0.701. The summed E-state index contributed by atoms with van der Waals surface area (Å²) in [6.07, 6.45) is 5.47. The van der Waals surface area contributed by atoms with E-state index in [0.29, 0.717) is 25.4 Å². The van der Waals surface area contributed by atoms with E-state index in [4.69, 9.17) is 4.74 Å². The standard InChI is InChI=1S/C25H32N2O3S/c1-18-4-10-22-20(16-18)17-23(31-22)25(29)27-13-3-12-26(14-15-27)24(28)11-7-19-5-8-21(30-2)9-6-19/h5-6,8-9,17-18H,3-4,7,10-16H2,1-2H3. The zero-order valence-corrected chi connectivity index (χ0v) is 19.4. The number of aryl methyl sites for hydroxylation is 2. The molecule has 0 radical (unpaired) electrons. The molecule has 31 heavy (non-hydrogen) atoms. The maximum Gasteiger partial charge on any atom is 0.263 e. The van der Waals surface area contributed by atoms with Gasteiger partial charge in [-0.3, -0.25) is 9.59 Å². The van der Waals surface area contributed by atoms with E-state index in [1.165, 1.54) is 16.9 Å². The molecule has 1 atom stereocenters. The van der Waals surface area contributed by atoms with Crippen LogP contribution in [0, 0.1) is 5.92 Å². The van der Waals surface area contributed by atoms with Gasteiger partial charge in [0.1, 0.15) is 5.75 Å². The fourth-order valence-corrected chi connectivity index (χ4v) is 5.71. The Morgan fingerprint density at radius 1 is 1.10 bits per heavy atom. The number of benzene rings is 1. The lowest BCUT2D eigenvalue weighted by molar-refractivity contribution is -0.131. The summed E-state index contributed by atoms with van der Waals surface area (Å²) in [7, 11) is 1.65. The van der Waals surface area contributed by atoms with Crippen molar-refractivity contribution in [1.29, 1.82) is 0 Å². The fraction of sp³-hybridized carbons (Fsp3) is 0.520. The van der Waals surface area contributed by atoms with Gasteiger partial charge in [0.15, 0.2) is 0 Å². The largest absolute Gasteiger partial charge is 0.497 e. The lowest BCUT2D eigenvalue weighted by Crippen LogP contribution is -2.37. The molecular formula is C25H32N2O3S. The molecule has 1 aliphatic heterocycles. The van der Waals surface area contributed by atoms with Crippen molar-refractivity contribution in [2.75, 3.05) is 33.3 Å². The third-order valence-corrected chi connectivity index (χ3v) is 7.69. The monoisotopic (exact) mass is 440 g/mol. The minimum atomic E-state index is 0.139.